The molecule has 0 amide bonds. The highest BCUT2D eigenvalue weighted by Crippen LogP contribution is 2.24. The minimum atomic E-state index is -0.537. The number of hydrogen-bond donors (Lipinski definition) is 2. The van der Waals surface area contributed by atoms with E-state index in [9.17, 15) is 10.1 Å². The summed E-state index contributed by atoms with van der Waals surface area (Å²) < 4.78 is 1.63. The van der Waals surface area contributed by atoms with Gasteiger partial charge < -0.3 is 10.9 Å². The third kappa shape index (κ3) is 2.42. The minimum Gasteiger partial charge on any atom is -0.409 e. The molecule has 110 valence electrons. The van der Waals surface area contributed by atoms with Gasteiger partial charge in [0.2, 0.25) is 0 Å². The Labute approximate surface area is 120 Å². The van der Waals surface area contributed by atoms with Crippen LogP contribution in [0.3, 0.4) is 0 Å². The Morgan fingerprint density at radius 1 is 1.43 bits per heavy atom. The zero-order valence-corrected chi connectivity index (χ0v) is 11.9. The summed E-state index contributed by atoms with van der Waals surface area (Å²) >= 11 is 0. The van der Waals surface area contributed by atoms with Gasteiger partial charge in [0, 0.05) is 17.8 Å². The van der Waals surface area contributed by atoms with E-state index in [-0.39, 0.29) is 17.1 Å². The third-order valence-corrected chi connectivity index (χ3v) is 3.46. The Morgan fingerprint density at radius 3 is 2.57 bits per heavy atom. The van der Waals surface area contributed by atoms with Crippen molar-refractivity contribution in [3.05, 3.63) is 50.8 Å². The second kappa shape index (κ2) is 5.23. The van der Waals surface area contributed by atoms with Gasteiger partial charge in [0.25, 0.3) is 5.69 Å². The highest BCUT2D eigenvalue weighted by Gasteiger charge is 2.18. The minimum absolute atomic E-state index is 0.140. The molecule has 0 saturated carbocycles. The van der Waals surface area contributed by atoms with Crippen LogP contribution in [0.1, 0.15) is 22.5 Å². The fraction of sp³-hybridized carbons (Fsp3) is 0.231. The molecule has 0 fully saturated rings. The quantitative estimate of drug-likeness (QED) is 0.293. The first kappa shape index (κ1) is 14.5. The van der Waals surface area contributed by atoms with Crippen molar-refractivity contribution in [1.82, 2.24) is 9.78 Å². The summed E-state index contributed by atoms with van der Waals surface area (Å²) in [6.45, 7) is 5.68. The maximum atomic E-state index is 10.9. The van der Waals surface area contributed by atoms with Crippen LogP contribution in [0.5, 0.6) is 0 Å². The zero-order valence-electron chi connectivity index (χ0n) is 11.9. The Hall–Kier alpha value is -2.90. The summed E-state index contributed by atoms with van der Waals surface area (Å²) in [5.41, 5.74) is 9.00. The van der Waals surface area contributed by atoms with Gasteiger partial charge in [0.05, 0.1) is 21.9 Å². The first-order valence-electron chi connectivity index (χ1n) is 6.16. The summed E-state index contributed by atoms with van der Waals surface area (Å²) in [5.74, 6) is -0.209. The molecule has 0 saturated heterocycles. The monoisotopic (exact) mass is 289 g/mol. The van der Waals surface area contributed by atoms with E-state index in [1.165, 1.54) is 18.2 Å². The second-order valence-corrected chi connectivity index (χ2v) is 4.65. The highest BCUT2D eigenvalue weighted by molar-refractivity contribution is 6.01. The molecule has 1 aromatic carbocycles. The van der Waals surface area contributed by atoms with Crippen LogP contribution in [0.15, 0.2) is 23.4 Å². The van der Waals surface area contributed by atoms with E-state index in [1.54, 1.807) is 4.68 Å². The molecule has 0 spiro atoms. The molecule has 0 unspecified atom stereocenters. The number of rotatable bonds is 3. The Balaban J connectivity index is 2.73. The van der Waals surface area contributed by atoms with Crippen molar-refractivity contribution in [3.8, 4) is 5.69 Å². The van der Waals surface area contributed by atoms with Crippen LogP contribution in [-0.4, -0.2) is 25.7 Å². The predicted octanol–water partition coefficient (Wildman–Crippen LogP) is 1.80. The van der Waals surface area contributed by atoms with Crippen molar-refractivity contribution < 1.29 is 10.1 Å². The van der Waals surface area contributed by atoms with Gasteiger partial charge in [-0.15, -0.1) is 0 Å². The molecule has 2 aromatic rings. The van der Waals surface area contributed by atoms with Crippen LogP contribution in [0.4, 0.5) is 5.69 Å². The topological polar surface area (TPSA) is 120 Å². The molecule has 0 aliphatic heterocycles. The first-order chi connectivity index (χ1) is 9.86. The number of benzene rings is 1. The van der Waals surface area contributed by atoms with Gasteiger partial charge in [-0.3, -0.25) is 10.1 Å². The lowest BCUT2D eigenvalue weighted by molar-refractivity contribution is -0.384. The lowest BCUT2D eigenvalue weighted by Crippen LogP contribution is -2.17. The van der Waals surface area contributed by atoms with Crippen LogP contribution in [0, 0.1) is 30.9 Å². The standard InChI is InChI=1S/C13H15N5O3/c1-7-8(2)15-17(9(7)3)12-5-4-10(18(20)21)6-11(12)13(14)16-19/h4-6,19H,1-3H3,(H2,14,16). The van der Waals surface area contributed by atoms with E-state index in [2.05, 4.69) is 10.3 Å². The Kier molecular flexibility index (Phi) is 3.62. The van der Waals surface area contributed by atoms with Crippen molar-refractivity contribution in [2.75, 3.05) is 0 Å². The number of hydrogen-bond acceptors (Lipinski definition) is 5. The van der Waals surface area contributed by atoms with Crippen LogP contribution in [-0.2, 0) is 0 Å². The summed E-state index contributed by atoms with van der Waals surface area (Å²) in [6.07, 6.45) is 0. The molecular formula is C13H15N5O3. The van der Waals surface area contributed by atoms with Gasteiger partial charge in [0.1, 0.15) is 0 Å². The number of aromatic nitrogens is 2. The van der Waals surface area contributed by atoms with E-state index in [0.717, 1.165) is 17.0 Å². The summed E-state index contributed by atoms with van der Waals surface area (Å²) in [4.78, 5) is 10.3. The lowest BCUT2D eigenvalue weighted by atomic mass is 10.1. The predicted molar refractivity (Wildman–Crippen MR) is 76.9 cm³/mol. The van der Waals surface area contributed by atoms with E-state index >= 15 is 0 Å². The molecule has 0 aliphatic rings. The smallest absolute Gasteiger partial charge is 0.270 e. The molecular weight excluding hydrogens is 274 g/mol. The number of nitrogens with two attached hydrogens (primary N) is 1. The summed E-state index contributed by atoms with van der Waals surface area (Å²) in [7, 11) is 0. The molecule has 0 radical (unpaired) electrons. The number of oxime groups is 1. The number of aryl methyl sites for hydroxylation is 1. The maximum Gasteiger partial charge on any atom is 0.270 e. The number of amidine groups is 1. The average Bonchev–Trinajstić information content (AvgIpc) is 2.73. The molecule has 8 heteroatoms. The molecule has 0 aliphatic carbocycles. The SMILES string of the molecule is Cc1nn(-c2ccc([N+](=O)[O-])cc2C(N)=NO)c(C)c1C. The molecule has 2 rings (SSSR count). The van der Waals surface area contributed by atoms with Gasteiger partial charge in [-0.1, -0.05) is 5.16 Å². The normalized spacial score (nSPS) is 11.7. The largest absolute Gasteiger partial charge is 0.409 e. The number of nitrogens with zero attached hydrogens (tertiary/aromatic N) is 4. The van der Waals surface area contributed by atoms with Gasteiger partial charge >= 0.3 is 0 Å². The fourth-order valence-electron chi connectivity index (χ4n) is 2.04. The zero-order chi connectivity index (χ0) is 15.7. The number of nitro groups is 1. The van der Waals surface area contributed by atoms with E-state index < -0.39 is 4.92 Å². The van der Waals surface area contributed by atoms with E-state index in [0.29, 0.717) is 5.69 Å². The van der Waals surface area contributed by atoms with Crippen LogP contribution in [0.25, 0.3) is 5.69 Å². The fourth-order valence-corrected chi connectivity index (χ4v) is 2.04. The van der Waals surface area contributed by atoms with E-state index in [1.807, 2.05) is 20.8 Å². The molecule has 3 N–H and O–H groups in total. The van der Waals surface area contributed by atoms with Gasteiger partial charge in [0.15, 0.2) is 5.84 Å². The van der Waals surface area contributed by atoms with Crippen molar-refractivity contribution >= 4 is 11.5 Å². The molecule has 0 bridgehead atoms. The maximum absolute atomic E-state index is 10.9. The number of nitro benzene ring substituents is 1. The molecule has 8 nitrogen and oxygen atoms in total. The lowest BCUT2D eigenvalue weighted by Gasteiger charge is -2.10. The van der Waals surface area contributed by atoms with Gasteiger partial charge in [-0.2, -0.15) is 5.10 Å². The summed E-state index contributed by atoms with van der Waals surface area (Å²) in [5, 5.41) is 27.1. The molecule has 0 atom stereocenters. The van der Waals surface area contributed by atoms with Gasteiger partial charge in [-0.25, -0.2) is 4.68 Å². The van der Waals surface area contributed by atoms with Crippen molar-refractivity contribution in [2.24, 2.45) is 10.9 Å². The second-order valence-electron chi connectivity index (χ2n) is 4.65. The number of non-ortho nitro benzene ring substituents is 1. The molecule has 1 aromatic heterocycles. The van der Waals surface area contributed by atoms with Crippen molar-refractivity contribution in [1.29, 1.82) is 0 Å². The third-order valence-electron chi connectivity index (χ3n) is 3.46. The van der Waals surface area contributed by atoms with Gasteiger partial charge in [-0.05, 0) is 32.4 Å². The Morgan fingerprint density at radius 2 is 2.10 bits per heavy atom. The van der Waals surface area contributed by atoms with Crippen LogP contribution in [0.2, 0.25) is 0 Å². The average molecular weight is 289 g/mol. The van der Waals surface area contributed by atoms with Crippen LogP contribution < -0.4 is 5.73 Å². The van der Waals surface area contributed by atoms with E-state index in [4.69, 9.17) is 10.9 Å². The molecule has 1 heterocycles. The highest BCUT2D eigenvalue weighted by atomic mass is 16.6. The summed E-state index contributed by atoms with van der Waals surface area (Å²) in [6, 6.07) is 4.15. The van der Waals surface area contributed by atoms with Crippen LogP contribution >= 0.6 is 0 Å². The van der Waals surface area contributed by atoms with Crippen molar-refractivity contribution in [2.45, 2.75) is 20.8 Å². The Bertz CT molecular complexity index is 749. The first-order valence-corrected chi connectivity index (χ1v) is 6.16. The molecule has 21 heavy (non-hydrogen) atoms. The van der Waals surface area contributed by atoms with Crippen molar-refractivity contribution in [3.63, 3.8) is 0 Å².